The van der Waals surface area contributed by atoms with Gasteiger partial charge in [-0.15, -0.1) is 11.3 Å². The van der Waals surface area contributed by atoms with Gasteiger partial charge in [0.25, 0.3) is 0 Å². The molecule has 1 nitrogen and oxygen atoms in total. The summed E-state index contributed by atoms with van der Waals surface area (Å²) in [4.78, 5) is 11.5. The van der Waals surface area contributed by atoms with Gasteiger partial charge in [0.2, 0.25) is 6.29 Å². The van der Waals surface area contributed by atoms with E-state index in [1.165, 1.54) is 16.0 Å². The Labute approximate surface area is 75.7 Å². The highest BCUT2D eigenvalue weighted by atomic mass is 32.1. The number of hydrogen-bond donors (Lipinski definition) is 0. The summed E-state index contributed by atoms with van der Waals surface area (Å²) in [5, 5.41) is 2.11. The maximum atomic E-state index is 10.2. The van der Waals surface area contributed by atoms with Gasteiger partial charge in [0.05, 0.1) is 0 Å². The Morgan fingerprint density at radius 2 is 2.42 bits per heavy atom. The van der Waals surface area contributed by atoms with E-state index in [9.17, 15) is 4.79 Å². The molecule has 0 saturated heterocycles. The summed E-state index contributed by atoms with van der Waals surface area (Å²) in [6.07, 6.45) is 6.68. The molecule has 1 aliphatic rings. The van der Waals surface area contributed by atoms with E-state index in [4.69, 9.17) is 0 Å². The summed E-state index contributed by atoms with van der Waals surface area (Å²) in [6.45, 7) is 0. The quantitative estimate of drug-likeness (QED) is 0.678. The number of hydrogen-bond acceptors (Lipinski definition) is 2. The second-order valence-electron chi connectivity index (χ2n) is 2.93. The highest BCUT2D eigenvalue weighted by molar-refractivity contribution is 7.11. The SMILES string of the molecule is O=[C]CC1=Cc2sccc2CC1. The fourth-order valence-corrected chi connectivity index (χ4v) is 2.40. The molecular weight excluding hydrogens is 168 g/mol. The van der Waals surface area contributed by atoms with E-state index >= 15 is 0 Å². The number of thiophene rings is 1. The molecule has 2 heteroatoms. The summed E-state index contributed by atoms with van der Waals surface area (Å²) < 4.78 is 0. The highest BCUT2D eigenvalue weighted by Gasteiger charge is 2.10. The number of rotatable bonds is 2. The largest absolute Gasteiger partial charge is 0.291 e. The summed E-state index contributed by atoms with van der Waals surface area (Å²) in [7, 11) is 0. The van der Waals surface area contributed by atoms with Crippen molar-refractivity contribution in [3.8, 4) is 0 Å². The van der Waals surface area contributed by atoms with Gasteiger partial charge in [-0.3, -0.25) is 4.79 Å². The Morgan fingerprint density at radius 3 is 3.25 bits per heavy atom. The van der Waals surface area contributed by atoms with E-state index in [2.05, 4.69) is 17.5 Å². The first kappa shape index (κ1) is 7.74. The molecular formula is C10H9OS. The first-order valence-corrected chi connectivity index (χ1v) is 4.89. The maximum absolute atomic E-state index is 10.2. The van der Waals surface area contributed by atoms with E-state index < -0.39 is 0 Å². The van der Waals surface area contributed by atoms with Crippen LogP contribution < -0.4 is 0 Å². The van der Waals surface area contributed by atoms with Gasteiger partial charge < -0.3 is 0 Å². The highest BCUT2D eigenvalue weighted by Crippen LogP contribution is 2.28. The Morgan fingerprint density at radius 1 is 1.50 bits per heavy atom. The lowest BCUT2D eigenvalue weighted by molar-refractivity contribution is 0.554. The molecule has 0 N–H and O–H groups in total. The van der Waals surface area contributed by atoms with E-state index in [-0.39, 0.29) is 0 Å². The van der Waals surface area contributed by atoms with E-state index in [0.29, 0.717) is 6.42 Å². The van der Waals surface area contributed by atoms with Gasteiger partial charge in [0.15, 0.2) is 0 Å². The van der Waals surface area contributed by atoms with Crippen LogP contribution in [0, 0.1) is 0 Å². The van der Waals surface area contributed by atoms with E-state index in [0.717, 1.165) is 12.8 Å². The van der Waals surface area contributed by atoms with Crippen molar-refractivity contribution in [1.82, 2.24) is 0 Å². The maximum Gasteiger partial charge on any atom is 0.202 e. The Kier molecular flexibility index (Phi) is 2.09. The minimum absolute atomic E-state index is 0.483. The smallest absolute Gasteiger partial charge is 0.202 e. The molecule has 0 bridgehead atoms. The Balaban J connectivity index is 2.28. The zero-order valence-electron chi connectivity index (χ0n) is 6.67. The van der Waals surface area contributed by atoms with Crippen LogP contribution in [0.25, 0.3) is 6.08 Å². The standard InChI is InChI=1S/C10H9OS/c11-5-3-8-1-2-9-4-6-12-10(9)7-8/h4,6-7H,1-3H2. The number of fused-ring (bicyclic) bond motifs is 1. The lowest BCUT2D eigenvalue weighted by Gasteiger charge is -2.09. The minimum Gasteiger partial charge on any atom is -0.291 e. The van der Waals surface area contributed by atoms with Crippen LogP contribution in [0.2, 0.25) is 0 Å². The van der Waals surface area contributed by atoms with Crippen LogP contribution in [0.3, 0.4) is 0 Å². The average Bonchev–Trinajstić information content (AvgIpc) is 2.51. The van der Waals surface area contributed by atoms with Gasteiger partial charge in [0, 0.05) is 11.3 Å². The van der Waals surface area contributed by atoms with Crippen molar-refractivity contribution in [3.05, 3.63) is 27.5 Å². The lowest BCUT2D eigenvalue weighted by Crippen LogP contribution is -1.96. The minimum atomic E-state index is 0.483. The topological polar surface area (TPSA) is 17.1 Å². The second-order valence-corrected chi connectivity index (χ2v) is 3.88. The summed E-state index contributed by atoms with van der Waals surface area (Å²) in [6, 6.07) is 2.16. The van der Waals surface area contributed by atoms with Crippen LogP contribution in [-0.2, 0) is 11.2 Å². The van der Waals surface area contributed by atoms with Crippen LogP contribution in [0.1, 0.15) is 23.3 Å². The molecule has 61 valence electrons. The van der Waals surface area contributed by atoms with Crippen molar-refractivity contribution in [2.45, 2.75) is 19.3 Å². The third kappa shape index (κ3) is 1.34. The second kappa shape index (κ2) is 3.23. The van der Waals surface area contributed by atoms with Gasteiger partial charge in [-0.25, -0.2) is 0 Å². The predicted octanol–water partition coefficient (Wildman–Crippen LogP) is 2.58. The summed E-state index contributed by atoms with van der Waals surface area (Å²) in [5.41, 5.74) is 2.65. The molecule has 0 aliphatic heterocycles. The molecule has 12 heavy (non-hydrogen) atoms. The fraction of sp³-hybridized carbons (Fsp3) is 0.300. The van der Waals surface area contributed by atoms with Crippen molar-refractivity contribution in [2.24, 2.45) is 0 Å². The van der Waals surface area contributed by atoms with Crippen molar-refractivity contribution in [3.63, 3.8) is 0 Å². The van der Waals surface area contributed by atoms with Gasteiger partial charge in [0.1, 0.15) is 0 Å². The third-order valence-electron chi connectivity index (χ3n) is 2.13. The summed E-state index contributed by atoms with van der Waals surface area (Å²) >= 11 is 1.75. The van der Waals surface area contributed by atoms with Crippen LogP contribution in [0.15, 0.2) is 17.0 Å². The fourth-order valence-electron chi connectivity index (χ4n) is 1.47. The van der Waals surface area contributed by atoms with Crippen molar-refractivity contribution >= 4 is 23.7 Å². The first-order chi connectivity index (χ1) is 5.90. The van der Waals surface area contributed by atoms with Crippen molar-refractivity contribution in [2.75, 3.05) is 0 Å². The lowest BCUT2D eigenvalue weighted by atomic mass is 9.97. The number of carbonyl (C=O) groups excluding carboxylic acids is 1. The Bertz CT molecular complexity index is 322. The molecule has 1 aromatic rings. The van der Waals surface area contributed by atoms with Crippen molar-refractivity contribution in [1.29, 1.82) is 0 Å². The molecule has 0 atom stereocenters. The molecule has 1 radical (unpaired) electrons. The molecule has 1 aliphatic carbocycles. The predicted molar refractivity (Wildman–Crippen MR) is 50.9 cm³/mol. The molecule has 1 heterocycles. The first-order valence-electron chi connectivity index (χ1n) is 4.01. The third-order valence-corrected chi connectivity index (χ3v) is 3.04. The molecule has 0 amide bonds. The average molecular weight is 177 g/mol. The summed E-state index contributed by atoms with van der Waals surface area (Å²) in [5.74, 6) is 0. The molecule has 0 saturated carbocycles. The van der Waals surface area contributed by atoms with E-state index in [1.54, 1.807) is 11.3 Å². The number of aryl methyl sites for hydroxylation is 1. The zero-order valence-corrected chi connectivity index (χ0v) is 7.49. The molecule has 0 aromatic carbocycles. The van der Waals surface area contributed by atoms with Crippen LogP contribution >= 0.6 is 11.3 Å². The van der Waals surface area contributed by atoms with Gasteiger partial charge in [-0.2, -0.15) is 0 Å². The van der Waals surface area contributed by atoms with Crippen LogP contribution in [0.4, 0.5) is 0 Å². The molecule has 0 spiro atoms. The molecule has 1 aromatic heterocycles. The zero-order chi connectivity index (χ0) is 8.39. The van der Waals surface area contributed by atoms with Crippen molar-refractivity contribution < 1.29 is 4.79 Å². The van der Waals surface area contributed by atoms with Gasteiger partial charge in [-0.1, -0.05) is 5.57 Å². The Hall–Kier alpha value is -0.890. The number of allylic oxidation sites excluding steroid dienone is 1. The molecule has 0 fully saturated rings. The monoisotopic (exact) mass is 177 g/mol. The molecule has 0 unspecified atom stereocenters. The van der Waals surface area contributed by atoms with Gasteiger partial charge in [-0.05, 0) is 35.9 Å². The van der Waals surface area contributed by atoms with E-state index in [1.807, 2.05) is 6.29 Å². The van der Waals surface area contributed by atoms with Crippen LogP contribution in [0.5, 0.6) is 0 Å². The van der Waals surface area contributed by atoms with Gasteiger partial charge >= 0.3 is 0 Å². The molecule has 2 rings (SSSR count). The van der Waals surface area contributed by atoms with Crippen LogP contribution in [-0.4, -0.2) is 6.29 Å². The normalized spacial score (nSPS) is 15.2.